The monoisotopic (exact) mass is 348 g/mol. The number of carbonyl (C=O) groups is 2. The largest absolute Gasteiger partial charge is 0.459 e. The first-order valence-corrected chi connectivity index (χ1v) is 8.75. The van der Waals surface area contributed by atoms with Gasteiger partial charge in [-0.15, -0.1) is 11.3 Å². The molecule has 0 bridgehead atoms. The number of hydrogen-bond donors (Lipinski definition) is 3. The Morgan fingerprint density at radius 1 is 1.25 bits per heavy atom. The van der Waals surface area contributed by atoms with Crippen molar-refractivity contribution in [1.29, 1.82) is 0 Å². The van der Waals surface area contributed by atoms with Gasteiger partial charge >= 0.3 is 0 Å². The SMILES string of the molecule is O=C(Nc1sccc1C(=O)NCCN1CCNCC1)c1ccco1. The molecular weight excluding hydrogens is 328 g/mol. The molecule has 8 heteroatoms. The summed E-state index contributed by atoms with van der Waals surface area (Å²) in [4.78, 5) is 26.7. The van der Waals surface area contributed by atoms with Crippen molar-refractivity contribution in [3.8, 4) is 0 Å². The number of amides is 2. The molecule has 0 atom stereocenters. The van der Waals surface area contributed by atoms with Gasteiger partial charge in [-0.2, -0.15) is 0 Å². The molecule has 3 heterocycles. The lowest BCUT2D eigenvalue weighted by Crippen LogP contribution is -2.46. The van der Waals surface area contributed by atoms with E-state index in [1.807, 2.05) is 0 Å². The Hall–Kier alpha value is -2.16. The van der Waals surface area contributed by atoms with Crippen LogP contribution in [0.3, 0.4) is 0 Å². The van der Waals surface area contributed by atoms with E-state index in [1.54, 1.807) is 23.6 Å². The summed E-state index contributed by atoms with van der Waals surface area (Å²) in [5.74, 6) is -0.327. The predicted octanol–water partition coefficient (Wildman–Crippen LogP) is 1.23. The average Bonchev–Trinajstić information content (AvgIpc) is 3.27. The van der Waals surface area contributed by atoms with Crippen molar-refractivity contribution in [2.45, 2.75) is 0 Å². The molecule has 24 heavy (non-hydrogen) atoms. The molecule has 0 aromatic carbocycles. The van der Waals surface area contributed by atoms with E-state index in [0.29, 0.717) is 17.1 Å². The number of piperazine rings is 1. The lowest BCUT2D eigenvalue weighted by atomic mass is 10.3. The molecular formula is C16H20N4O3S. The molecule has 1 aliphatic heterocycles. The van der Waals surface area contributed by atoms with Crippen molar-refractivity contribution in [1.82, 2.24) is 15.5 Å². The van der Waals surface area contributed by atoms with Gasteiger partial charge in [-0.25, -0.2) is 0 Å². The summed E-state index contributed by atoms with van der Waals surface area (Å²) in [6.45, 7) is 5.38. The summed E-state index contributed by atoms with van der Waals surface area (Å²) in [5, 5.41) is 11.2. The molecule has 2 aromatic rings. The smallest absolute Gasteiger partial charge is 0.291 e. The van der Waals surface area contributed by atoms with Gasteiger partial charge in [0.05, 0.1) is 11.8 Å². The number of anilines is 1. The van der Waals surface area contributed by atoms with Crippen molar-refractivity contribution in [2.24, 2.45) is 0 Å². The van der Waals surface area contributed by atoms with E-state index in [4.69, 9.17) is 4.42 Å². The third-order valence-corrected chi connectivity index (χ3v) is 4.63. The van der Waals surface area contributed by atoms with Gasteiger partial charge < -0.3 is 20.4 Å². The Morgan fingerprint density at radius 2 is 2.08 bits per heavy atom. The minimum Gasteiger partial charge on any atom is -0.459 e. The highest BCUT2D eigenvalue weighted by Gasteiger charge is 2.17. The molecule has 2 amide bonds. The summed E-state index contributed by atoms with van der Waals surface area (Å²) in [7, 11) is 0. The number of hydrogen-bond acceptors (Lipinski definition) is 6. The maximum atomic E-state index is 12.3. The topological polar surface area (TPSA) is 86.6 Å². The molecule has 0 radical (unpaired) electrons. The van der Waals surface area contributed by atoms with Gasteiger partial charge in [0.1, 0.15) is 5.00 Å². The summed E-state index contributed by atoms with van der Waals surface area (Å²) < 4.78 is 5.06. The van der Waals surface area contributed by atoms with Gasteiger partial charge in [0.15, 0.2) is 5.76 Å². The van der Waals surface area contributed by atoms with Crippen LogP contribution in [0.4, 0.5) is 5.00 Å². The van der Waals surface area contributed by atoms with Crippen LogP contribution in [0.2, 0.25) is 0 Å². The lowest BCUT2D eigenvalue weighted by Gasteiger charge is -2.27. The highest BCUT2D eigenvalue weighted by atomic mass is 32.1. The third-order valence-electron chi connectivity index (χ3n) is 3.81. The fraction of sp³-hybridized carbons (Fsp3) is 0.375. The number of rotatable bonds is 6. The van der Waals surface area contributed by atoms with Crippen molar-refractivity contribution in [2.75, 3.05) is 44.6 Å². The Bertz CT molecular complexity index is 677. The second kappa shape index (κ2) is 8.09. The third kappa shape index (κ3) is 4.22. The van der Waals surface area contributed by atoms with Crippen molar-refractivity contribution in [3.63, 3.8) is 0 Å². The van der Waals surface area contributed by atoms with Gasteiger partial charge in [0.25, 0.3) is 11.8 Å². The minimum atomic E-state index is -0.364. The fourth-order valence-corrected chi connectivity index (χ4v) is 3.29. The molecule has 1 saturated heterocycles. The Morgan fingerprint density at radius 3 is 2.83 bits per heavy atom. The van der Waals surface area contributed by atoms with E-state index in [0.717, 1.165) is 32.7 Å². The maximum absolute atomic E-state index is 12.3. The van der Waals surface area contributed by atoms with Crippen molar-refractivity contribution >= 4 is 28.2 Å². The zero-order chi connectivity index (χ0) is 16.8. The van der Waals surface area contributed by atoms with Crippen LogP contribution in [-0.2, 0) is 0 Å². The van der Waals surface area contributed by atoms with E-state index in [9.17, 15) is 9.59 Å². The molecule has 128 valence electrons. The molecule has 0 aliphatic carbocycles. The second-order valence-corrected chi connectivity index (χ2v) is 6.36. The molecule has 0 saturated carbocycles. The molecule has 2 aromatic heterocycles. The van der Waals surface area contributed by atoms with Gasteiger partial charge in [-0.1, -0.05) is 0 Å². The van der Waals surface area contributed by atoms with Gasteiger partial charge in [0, 0.05) is 39.3 Å². The number of furan rings is 1. The van der Waals surface area contributed by atoms with Crippen LogP contribution >= 0.6 is 11.3 Å². The number of nitrogens with zero attached hydrogens (tertiary/aromatic N) is 1. The van der Waals surface area contributed by atoms with Gasteiger partial charge in [-0.05, 0) is 23.6 Å². The van der Waals surface area contributed by atoms with Gasteiger partial charge in [-0.3, -0.25) is 14.5 Å². The van der Waals surface area contributed by atoms with E-state index in [-0.39, 0.29) is 17.6 Å². The van der Waals surface area contributed by atoms with Gasteiger partial charge in [0.2, 0.25) is 0 Å². The summed E-state index contributed by atoms with van der Waals surface area (Å²) in [6, 6.07) is 4.94. The molecule has 3 N–H and O–H groups in total. The summed E-state index contributed by atoms with van der Waals surface area (Å²) in [6.07, 6.45) is 1.44. The fourth-order valence-electron chi connectivity index (χ4n) is 2.51. The lowest BCUT2D eigenvalue weighted by molar-refractivity contribution is 0.0948. The predicted molar refractivity (Wildman–Crippen MR) is 92.6 cm³/mol. The Kier molecular flexibility index (Phi) is 5.63. The highest BCUT2D eigenvalue weighted by Crippen LogP contribution is 2.23. The van der Waals surface area contributed by atoms with Crippen molar-refractivity contribution < 1.29 is 14.0 Å². The van der Waals surface area contributed by atoms with E-state index in [2.05, 4.69) is 20.9 Å². The molecule has 1 aliphatic rings. The van der Waals surface area contributed by atoms with Crippen LogP contribution in [0.25, 0.3) is 0 Å². The zero-order valence-corrected chi connectivity index (χ0v) is 14.0. The average molecular weight is 348 g/mol. The van der Waals surface area contributed by atoms with Crippen LogP contribution < -0.4 is 16.0 Å². The van der Waals surface area contributed by atoms with Crippen LogP contribution in [-0.4, -0.2) is 56.0 Å². The first-order valence-electron chi connectivity index (χ1n) is 7.87. The Labute approximate surface area is 144 Å². The summed E-state index contributed by atoms with van der Waals surface area (Å²) in [5.41, 5.74) is 0.472. The van der Waals surface area contributed by atoms with Crippen LogP contribution in [0.1, 0.15) is 20.9 Å². The number of thiophene rings is 1. The van der Waals surface area contributed by atoms with E-state index >= 15 is 0 Å². The molecule has 0 spiro atoms. The molecule has 7 nitrogen and oxygen atoms in total. The molecule has 3 rings (SSSR count). The Balaban J connectivity index is 1.52. The van der Waals surface area contributed by atoms with E-state index in [1.165, 1.54) is 17.6 Å². The first kappa shape index (κ1) is 16.7. The molecule has 0 unspecified atom stereocenters. The van der Waals surface area contributed by atoms with Crippen LogP contribution in [0.5, 0.6) is 0 Å². The number of nitrogens with one attached hydrogen (secondary N) is 3. The number of carbonyl (C=O) groups excluding carboxylic acids is 2. The highest BCUT2D eigenvalue weighted by molar-refractivity contribution is 7.14. The van der Waals surface area contributed by atoms with Crippen molar-refractivity contribution in [3.05, 3.63) is 41.2 Å². The van der Waals surface area contributed by atoms with Crippen LogP contribution in [0.15, 0.2) is 34.3 Å². The van der Waals surface area contributed by atoms with Crippen LogP contribution in [0, 0.1) is 0 Å². The normalized spacial score (nSPS) is 15.2. The quantitative estimate of drug-likeness (QED) is 0.731. The standard InChI is InChI=1S/C16H20N4O3S/c21-14(18-6-9-20-7-4-17-5-8-20)12-3-11-24-16(12)19-15(22)13-2-1-10-23-13/h1-3,10-11,17H,4-9H2,(H,18,21)(H,19,22). The zero-order valence-electron chi connectivity index (χ0n) is 13.2. The summed E-state index contributed by atoms with van der Waals surface area (Å²) >= 11 is 1.31. The van der Waals surface area contributed by atoms with E-state index < -0.39 is 0 Å². The maximum Gasteiger partial charge on any atom is 0.291 e. The second-order valence-electron chi connectivity index (χ2n) is 5.44. The molecule has 1 fully saturated rings. The minimum absolute atomic E-state index is 0.180. The first-order chi connectivity index (χ1) is 11.7.